The van der Waals surface area contributed by atoms with Gasteiger partial charge in [0.05, 0.1) is 11.9 Å². The largest absolute Gasteiger partial charge is 0.478 e. The van der Waals surface area contributed by atoms with Crippen molar-refractivity contribution in [1.29, 1.82) is 0 Å². The molecule has 2 N–H and O–H groups in total. The van der Waals surface area contributed by atoms with Crippen molar-refractivity contribution >= 4 is 11.9 Å². The summed E-state index contributed by atoms with van der Waals surface area (Å²) in [6.07, 6.45) is 5.79. The minimum Gasteiger partial charge on any atom is -0.478 e. The Balaban J connectivity index is 0.000000312. The SMILES string of the molecule is Cn1c(CN2CCCC2)cnc1-c1ccc(-c2ccccc2)cc1.O=C(O)C=CC(=O)O. The summed E-state index contributed by atoms with van der Waals surface area (Å²) in [6.45, 7) is 3.43. The number of carboxylic acids is 2. The summed E-state index contributed by atoms with van der Waals surface area (Å²) in [5.74, 6) is -1.47. The zero-order valence-corrected chi connectivity index (χ0v) is 18.0. The fraction of sp³-hybridized carbons (Fsp3) is 0.240. The van der Waals surface area contributed by atoms with Crippen molar-refractivity contribution in [3.05, 3.63) is 78.6 Å². The Labute approximate surface area is 187 Å². The number of likely N-dealkylation sites (tertiary alicyclic amines) is 1. The number of hydrogen-bond acceptors (Lipinski definition) is 4. The van der Waals surface area contributed by atoms with Crippen molar-refractivity contribution in [2.75, 3.05) is 13.1 Å². The maximum Gasteiger partial charge on any atom is 0.328 e. The number of aliphatic carboxylic acids is 2. The number of benzene rings is 2. The highest BCUT2D eigenvalue weighted by atomic mass is 16.4. The van der Waals surface area contributed by atoms with Gasteiger partial charge in [-0.1, -0.05) is 54.6 Å². The second kappa shape index (κ2) is 11.1. The van der Waals surface area contributed by atoms with E-state index in [1.54, 1.807) is 0 Å². The summed E-state index contributed by atoms with van der Waals surface area (Å²) >= 11 is 0. The van der Waals surface area contributed by atoms with Crippen LogP contribution >= 0.6 is 0 Å². The average Bonchev–Trinajstić information content (AvgIpc) is 3.44. The molecule has 32 heavy (non-hydrogen) atoms. The van der Waals surface area contributed by atoms with Gasteiger partial charge in [0.1, 0.15) is 5.82 Å². The first-order chi connectivity index (χ1) is 15.4. The first kappa shape index (κ1) is 23.0. The molecule has 2 aromatic carbocycles. The first-order valence-electron chi connectivity index (χ1n) is 10.5. The number of imidazole rings is 1. The molecule has 0 amide bonds. The maximum atomic E-state index is 9.55. The van der Waals surface area contributed by atoms with Gasteiger partial charge in [0.15, 0.2) is 0 Å². The van der Waals surface area contributed by atoms with E-state index in [2.05, 4.69) is 70.0 Å². The molecule has 1 fully saturated rings. The second-order valence-corrected chi connectivity index (χ2v) is 7.57. The maximum absolute atomic E-state index is 9.55. The van der Waals surface area contributed by atoms with Crippen LogP contribution in [0.5, 0.6) is 0 Å². The molecule has 7 heteroatoms. The molecule has 3 aromatic rings. The van der Waals surface area contributed by atoms with Crippen molar-refractivity contribution in [2.45, 2.75) is 19.4 Å². The van der Waals surface area contributed by atoms with E-state index in [1.807, 2.05) is 12.3 Å². The van der Waals surface area contributed by atoms with Gasteiger partial charge in [-0.3, -0.25) is 4.90 Å². The average molecular weight is 434 g/mol. The van der Waals surface area contributed by atoms with Gasteiger partial charge in [-0.25, -0.2) is 14.6 Å². The van der Waals surface area contributed by atoms with E-state index >= 15 is 0 Å². The normalized spacial score (nSPS) is 13.7. The molecule has 0 bridgehead atoms. The Kier molecular flexibility index (Phi) is 7.94. The highest BCUT2D eigenvalue weighted by Gasteiger charge is 2.15. The van der Waals surface area contributed by atoms with Crippen LogP contribution < -0.4 is 0 Å². The second-order valence-electron chi connectivity index (χ2n) is 7.57. The van der Waals surface area contributed by atoms with E-state index in [-0.39, 0.29) is 0 Å². The van der Waals surface area contributed by atoms with Gasteiger partial charge >= 0.3 is 11.9 Å². The van der Waals surface area contributed by atoms with Gasteiger partial charge in [-0.2, -0.15) is 0 Å². The molecule has 0 unspecified atom stereocenters. The van der Waals surface area contributed by atoms with E-state index in [0.29, 0.717) is 12.2 Å². The van der Waals surface area contributed by atoms with Gasteiger partial charge in [-0.05, 0) is 37.1 Å². The number of aromatic nitrogens is 2. The minimum absolute atomic E-state index is 0.558. The third kappa shape index (κ3) is 6.39. The van der Waals surface area contributed by atoms with E-state index in [9.17, 15) is 9.59 Å². The van der Waals surface area contributed by atoms with Crippen LogP contribution in [-0.2, 0) is 23.2 Å². The Morgan fingerprint density at radius 3 is 1.97 bits per heavy atom. The fourth-order valence-electron chi connectivity index (χ4n) is 3.61. The molecule has 0 radical (unpaired) electrons. The predicted molar refractivity (Wildman–Crippen MR) is 123 cm³/mol. The zero-order valence-electron chi connectivity index (χ0n) is 18.0. The molecule has 2 heterocycles. The van der Waals surface area contributed by atoms with Gasteiger partial charge in [0.2, 0.25) is 0 Å². The summed E-state index contributed by atoms with van der Waals surface area (Å²) in [4.78, 5) is 26.3. The monoisotopic (exact) mass is 433 g/mol. The van der Waals surface area contributed by atoms with Gasteiger partial charge in [-0.15, -0.1) is 0 Å². The van der Waals surface area contributed by atoms with E-state index in [1.165, 1.54) is 48.3 Å². The Morgan fingerprint density at radius 2 is 1.41 bits per heavy atom. The molecule has 0 aliphatic carbocycles. The van der Waals surface area contributed by atoms with Crippen molar-refractivity contribution in [1.82, 2.24) is 14.5 Å². The molecule has 0 saturated carbocycles. The quantitative estimate of drug-likeness (QED) is 0.569. The smallest absolute Gasteiger partial charge is 0.328 e. The first-order valence-corrected chi connectivity index (χ1v) is 10.5. The summed E-state index contributed by atoms with van der Waals surface area (Å²) < 4.78 is 2.23. The van der Waals surface area contributed by atoms with Gasteiger partial charge < -0.3 is 14.8 Å². The van der Waals surface area contributed by atoms with Crippen LogP contribution in [0.2, 0.25) is 0 Å². The molecular formula is C25H27N3O4. The minimum atomic E-state index is -1.26. The third-order valence-electron chi connectivity index (χ3n) is 5.29. The van der Waals surface area contributed by atoms with Crippen LogP contribution in [0.1, 0.15) is 18.5 Å². The molecule has 1 saturated heterocycles. The molecule has 1 aliphatic heterocycles. The lowest BCUT2D eigenvalue weighted by Crippen LogP contribution is -2.20. The molecule has 166 valence electrons. The van der Waals surface area contributed by atoms with Gasteiger partial charge in [0, 0.05) is 31.3 Å². The van der Waals surface area contributed by atoms with Crippen molar-refractivity contribution in [2.24, 2.45) is 7.05 Å². The molecule has 1 aliphatic rings. The number of carboxylic acid groups (broad SMARTS) is 2. The Bertz CT molecular complexity index is 1050. The lowest BCUT2D eigenvalue weighted by molar-refractivity contribution is -0.134. The zero-order chi connectivity index (χ0) is 22.9. The lowest BCUT2D eigenvalue weighted by Gasteiger charge is -2.15. The van der Waals surface area contributed by atoms with E-state index < -0.39 is 11.9 Å². The van der Waals surface area contributed by atoms with Crippen LogP contribution in [0.15, 0.2) is 72.9 Å². The highest BCUT2D eigenvalue weighted by molar-refractivity contribution is 5.89. The van der Waals surface area contributed by atoms with Crippen LogP contribution in [0.3, 0.4) is 0 Å². The highest BCUT2D eigenvalue weighted by Crippen LogP contribution is 2.25. The van der Waals surface area contributed by atoms with Gasteiger partial charge in [0.25, 0.3) is 0 Å². The van der Waals surface area contributed by atoms with E-state index in [4.69, 9.17) is 10.2 Å². The van der Waals surface area contributed by atoms with E-state index in [0.717, 1.165) is 12.4 Å². The molecule has 0 spiro atoms. The summed E-state index contributed by atoms with van der Waals surface area (Å²) in [5, 5.41) is 15.6. The van der Waals surface area contributed by atoms with Crippen LogP contribution in [-0.4, -0.2) is 49.7 Å². The summed E-state index contributed by atoms with van der Waals surface area (Å²) in [7, 11) is 2.12. The molecule has 0 atom stereocenters. The van der Waals surface area contributed by atoms with Crippen molar-refractivity contribution in [3.63, 3.8) is 0 Å². The van der Waals surface area contributed by atoms with Crippen molar-refractivity contribution < 1.29 is 19.8 Å². The molecular weight excluding hydrogens is 406 g/mol. The summed E-state index contributed by atoms with van der Waals surface area (Å²) in [6, 6.07) is 19.2. The van der Waals surface area contributed by atoms with Crippen LogP contribution in [0, 0.1) is 0 Å². The van der Waals surface area contributed by atoms with Crippen LogP contribution in [0.4, 0.5) is 0 Å². The Hall–Kier alpha value is -3.71. The molecule has 7 nitrogen and oxygen atoms in total. The van der Waals surface area contributed by atoms with Crippen LogP contribution in [0.25, 0.3) is 22.5 Å². The number of rotatable bonds is 6. The topological polar surface area (TPSA) is 95.7 Å². The number of nitrogens with zero attached hydrogens (tertiary/aromatic N) is 3. The third-order valence-corrected chi connectivity index (χ3v) is 5.29. The van der Waals surface area contributed by atoms with Crippen molar-refractivity contribution in [3.8, 4) is 22.5 Å². The molecule has 1 aromatic heterocycles. The molecule has 4 rings (SSSR count). The summed E-state index contributed by atoms with van der Waals surface area (Å²) in [5.41, 5.74) is 4.95. The lowest BCUT2D eigenvalue weighted by atomic mass is 10.0. The fourth-order valence-corrected chi connectivity index (χ4v) is 3.61. The predicted octanol–water partition coefficient (Wildman–Crippen LogP) is 4.06. The standard InChI is InChI=1S/C21H23N3.C4H4O4/c1-23-20(16-24-13-5-6-14-24)15-22-21(23)19-11-9-18(10-12-19)17-7-3-2-4-8-17;5-3(6)1-2-4(7)8/h2-4,7-12,15H,5-6,13-14,16H2,1H3;1-2H,(H,5,6)(H,7,8). The number of carbonyl (C=O) groups is 2. The Morgan fingerprint density at radius 1 is 0.875 bits per heavy atom. The number of hydrogen-bond donors (Lipinski definition) is 2.